The third kappa shape index (κ3) is 8.55. The van der Waals surface area contributed by atoms with Crippen molar-refractivity contribution in [3.63, 3.8) is 0 Å². The van der Waals surface area contributed by atoms with E-state index in [1.54, 1.807) is 53.2 Å². The first-order chi connectivity index (χ1) is 24.7. The minimum atomic E-state index is -4.63. The van der Waals surface area contributed by atoms with E-state index in [0.717, 1.165) is 41.1 Å². The molecule has 0 bridgehead atoms. The van der Waals surface area contributed by atoms with Crippen LogP contribution < -0.4 is 19.1 Å². The Hall–Kier alpha value is -4.16. The maximum absolute atomic E-state index is 15.7. The second-order valence-electron chi connectivity index (χ2n) is 12.4. The van der Waals surface area contributed by atoms with Crippen LogP contribution in [-0.2, 0) is 34.3 Å². The van der Waals surface area contributed by atoms with Gasteiger partial charge in [-0.25, -0.2) is 22.5 Å². The Bertz CT molecular complexity index is 2180. The van der Waals surface area contributed by atoms with Gasteiger partial charge in [0.1, 0.15) is 21.9 Å². The Kier molecular flexibility index (Phi) is 11.2. The number of hydrogen-bond donors (Lipinski definition) is 1. The van der Waals surface area contributed by atoms with Crippen LogP contribution in [0.15, 0.2) is 66.7 Å². The first-order valence-corrected chi connectivity index (χ1v) is 19.3. The SMILES string of the molecule is COc1ccc(N(C)S(C)(=O)=O)c(CNc2nc(-c3cc(F)c(OCc4ccccc4)cc3CC(F)(F)F)cc3c2c(I)nn3C2CCCCO2)c1. The monoisotopic (exact) mass is 853 g/mol. The molecule has 0 radical (unpaired) electrons. The number of sulfonamides is 1. The third-order valence-electron chi connectivity index (χ3n) is 8.71. The van der Waals surface area contributed by atoms with Crippen LogP contribution in [0.2, 0.25) is 0 Å². The summed E-state index contributed by atoms with van der Waals surface area (Å²) in [6.07, 6.45) is -2.89. The van der Waals surface area contributed by atoms with Crippen molar-refractivity contribution < 1.29 is 40.2 Å². The maximum Gasteiger partial charge on any atom is 0.393 e. The van der Waals surface area contributed by atoms with E-state index in [-0.39, 0.29) is 41.5 Å². The van der Waals surface area contributed by atoms with Crippen LogP contribution in [-0.4, -0.2) is 56.4 Å². The lowest BCUT2D eigenvalue weighted by Crippen LogP contribution is -2.26. The zero-order chi connectivity index (χ0) is 37.2. The van der Waals surface area contributed by atoms with Crippen molar-refractivity contribution in [2.45, 2.75) is 51.2 Å². The minimum Gasteiger partial charge on any atom is -0.497 e. The largest absolute Gasteiger partial charge is 0.497 e. The fraction of sp³-hybridized carbons (Fsp3) is 0.333. The summed E-state index contributed by atoms with van der Waals surface area (Å²) >= 11 is 2.07. The standard InChI is InChI=1S/C36H36F4IN5O5S/c1-45(52(3,47)48)29-13-12-25(49-2)15-24(29)20-42-35-33-30(46(44-34(33)41)32-11-7-8-14-50-32)18-28(43-35)26-17-27(37)31(16-23(26)19-36(38,39)40)51-21-22-9-5-4-6-10-22/h4-6,9-10,12-13,15-18,32H,7-8,11,14,19-21H2,1-3H3,(H,42,43). The van der Waals surface area contributed by atoms with Gasteiger partial charge >= 0.3 is 6.18 Å². The van der Waals surface area contributed by atoms with E-state index < -0.39 is 34.7 Å². The van der Waals surface area contributed by atoms with Gasteiger partial charge in [0.05, 0.1) is 42.1 Å². The number of fused-ring (bicyclic) bond motifs is 1. The molecule has 0 saturated carbocycles. The highest BCUT2D eigenvalue weighted by atomic mass is 127. The van der Waals surface area contributed by atoms with Gasteiger partial charge in [0.25, 0.3) is 0 Å². The van der Waals surface area contributed by atoms with Crippen molar-refractivity contribution >= 4 is 55.0 Å². The molecule has 0 aliphatic carbocycles. The average molecular weight is 854 g/mol. The number of ether oxygens (including phenoxy) is 3. The number of alkyl halides is 3. The van der Waals surface area contributed by atoms with Crippen molar-refractivity contribution in [3.05, 3.63) is 92.9 Å². The molecule has 3 aromatic carbocycles. The lowest BCUT2D eigenvalue weighted by Gasteiger charge is -2.24. The molecule has 6 rings (SSSR count). The Morgan fingerprint density at radius 3 is 2.52 bits per heavy atom. The van der Waals surface area contributed by atoms with Crippen molar-refractivity contribution in [2.75, 3.05) is 36.6 Å². The van der Waals surface area contributed by atoms with E-state index in [2.05, 4.69) is 27.9 Å². The zero-order valence-corrected chi connectivity index (χ0v) is 31.5. The molecule has 52 heavy (non-hydrogen) atoms. The van der Waals surface area contributed by atoms with E-state index in [1.165, 1.54) is 14.2 Å². The van der Waals surface area contributed by atoms with Gasteiger partial charge in [-0.3, -0.25) is 4.31 Å². The predicted molar refractivity (Wildman–Crippen MR) is 199 cm³/mol. The lowest BCUT2D eigenvalue weighted by molar-refractivity contribution is -0.127. The summed E-state index contributed by atoms with van der Waals surface area (Å²) in [7, 11) is -0.722. The van der Waals surface area contributed by atoms with Gasteiger partial charge in [0, 0.05) is 25.8 Å². The van der Waals surface area contributed by atoms with Gasteiger partial charge < -0.3 is 19.5 Å². The normalized spacial score (nSPS) is 15.1. The topological polar surface area (TPSA) is 108 Å². The Balaban J connectivity index is 1.48. The van der Waals surface area contributed by atoms with Gasteiger partial charge in [-0.2, -0.15) is 18.3 Å². The molecule has 1 unspecified atom stereocenters. The second kappa shape index (κ2) is 15.4. The molecule has 10 nitrogen and oxygen atoms in total. The summed E-state index contributed by atoms with van der Waals surface area (Å²) in [4.78, 5) is 4.78. The summed E-state index contributed by atoms with van der Waals surface area (Å²) < 4.78 is 103. The van der Waals surface area contributed by atoms with Crippen molar-refractivity contribution in [1.29, 1.82) is 0 Å². The number of pyridine rings is 1. The van der Waals surface area contributed by atoms with Crippen LogP contribution in [0, 0.1) is 9.52 Å². The highest BCUT2D eigenvalue weighted by molar-refractivity contribution is 14.1. The van der Waals surface area contributed by atoms with Crippen LogP contribution in [0.3, 0.4) is 0 Å². The molecule has 16 heteroatoms. The van der Waals surface area contributed by atoms with Gasteiger partial charge in [-0.15, -0.1) is 0 Å². The van der Waals surface area contributed by atoms with Crippen LogP contribution in [0.1, 0.15) is 42.2 Å². The number of anilines is 2. The van der Waals surface area contributed by atoms with Gasteiger partial charge in [0.15, 0.2) is 17.8 Å². The van der Waals surface area contributed by atoms with Crippen LogP contribution in [0.25, 0.3) is 22.2 Å². The summed E-state index contributed by atoms with van der Waals surface area (Å²) in [6.45, 7) is 0.513. The molecular weight excluding hydrogens is 817 g/mol. The highest BCUT2D eigenvalue weighted by Crippen LogP contribution is 2.39. The van der Waals surface area contributed by atoms with Crippen LogP contribution in [0.5, 0.6) is 11.5 Å². The van der Waals surface area contributed by atoms with Crippen molar-refractivity contribution in [3.8, 4) is 22.8 Å². The summed E-state index contributed by atoms with van der Waals surface area (Å²) in [5.41, 5.74) is 1.92. The highest BCUT2D eigenvalue weighted by Gasteiger charge is 2.31. The number of methoxy groups -OCH3 is 1. The smallest absolute Gasteiger partial charge is 0.393 e. The number of nitrogens with zero attached hydrogens (tertiary/aromatic N) is 4. The van der Waals surface area contributed by atoms with E-state index in [0.29, 0.717) is 44.6 Å². The number of benzene rings is 3. The van der Waals surface area contributed by atoms with E-state index in [9.17, 15) is 21.6 Å². The Morgan fingerprint density at radius 2 is 1.85 bits per heavy atom. The zero-order valence-electron chi connectivity index (χ0n) is 28.5. The van der Waals surface area contributed by atoms with Crippen molar-refractivity contribution in [2.24, 2.45) is 0 Å². The molecule has 1 fully saturated rings. The van der Waals surface area contributed by atoms with Crippen LogP contribution in [0.4, 0.5) is 29.1 Å². The number of halogens is 5. The quantitative estimate of drug-likeness (QED) is 0.0989. The molecule has 0 spiro atoms. The van der Waals surface area contributed by atoms with Gasteiger partial charge in [0.2, 0.25) is 10.0 Å². The molecule has 1 aliphatic heterocycles. The second-order valence-corrected chi connectivity index (χ2v) is 15.4. The number of hydrogen-bond acceptors (Lipinski definition) is 8. The maximum atomic E-state index is 15.7. The molecule has 0 amide bonds. The molecule has 1 saturated heterocycles. The summed E-state index contributed by atoms with van der Waals surface area (Å²) in [5, 5.41) is 8.60. The molecule has 276 valence electrons. The molecule has 3 heterocycles. The summed E-state index contributed by atoms with van der Waals surface area (Å²) in [6, 6.07) is 17.5. The first-order valence-electron chi connectivity index (χ1n) is 16.3. The third-order valence-corrected chi connectivity index (χ3v) is 10.7. The lowest BCUT2D eigenvalue weighted by atomic mass is 9.99. The van der Waals surface area contributed by atoms with E-state index in [4.69, 9.17) is 24.3 Å². The van der Waals surface area contributed by atoms with E-state index >= 15 is 4.39 Å². The molecule has 5 aromatic rings. The minimum absolute atomic E-state index is 0.0369. The molecule has 2 aromatic heterocycles. The number of rotatable bonds is 12. The fourth-order valence-corrected chi connectivity index (χ4v) is 7.35. The van der Waals surface area contributed by atoms with Gasteiger partial charge in [-0.05, 0) is 94.9 Å². The fourth-order valence-electron chi connectivity index (χ4n) is 6.05. The summed E-state index contributed by atoms with van der Waals surface area (Å²) in [5.74, 6) is -0.440. The molecular formula is C36H36F4IN5O5S. The Labute approximate surface area is 312 Å². The molecule has 1 atom stereocenters. The van der Waals surface area contributed by atoms with Gasteiger partial charge in [-0.1, -0.05) is 30.3 Å². The van der Waals surface area contributed by atoms with Crippen molar-refractivity contribution in [1.82, 2.24) is 14.8 Å². The predicted octanol–water partition coefficient (Wildman–Crippen LogP) is 8.24. The van der Waals surface area contributed by atoms with E-state index in [1.807, 2.05) is 6.07 Å². The average Bonchev–Trinajstić information content (AvgIpc) is 3.46. The number of aromatic nitrogens is 3. The number of nitrogens with one attached hydrogen (secondary N) is 1. The molecule has 1 N–H and O–H groups in total. The Morgan fingerprint density at radius 1 is 1.08 bits per heavy atom. The first kappa shape index (κ1) is 37.6. The van der Waals surface area contributed by atoms with Crippen LogP contribution >= 0.6 is 22.6 Å². The molecule has 1 aliphatic rings.